The molecule has 0 N–H and O–H groups in total. The lowest BCUT2D eigenvalue weighted by atomic mass is 10.2. The molecule has 3 aromatic rings. The molecule has 0 amide bonds. The molecule has 1 atom stereocenters. The van der Waals surface area contributed by atoms with Crippen LogP contribution in [0, 0.1) is 0 Å². The number of ketones is 1. The van der Waals surface area contributed by atoms with Crippen molar-refractivity contribution in [2.75, 3.05) is 34.1 Å². The average molecular weight is 571 g/mol. The van der Waals surface area contributed by atoms with Crippen LogP contribution in [0.1, 0.15) is 26.3 Å². The topological polar surface area (TPSA) is 80.3 Å². The smallest absolute Gasteiger partial charge is 0.337 e. The van der Waals surface area contributed by atoms with Crippen molar-refractivity contribution in [3.8, 4) is 5.75 Å². The van der Waals surface area contributed by atoms with Gasteiger partial charge in [-0.25, -0.2) is 0 Å². The van der Waals surface area contributed by atoms with Gasteiger partial charge >= 0.3 is 7.60 Å². The van der Waals surface area contributed by atoms with Gasteiger partial charge in [-0.15, -0.1) is 0 Å². The van der Waals surface area contributed by atoms with Crippen LogP contribution in [0.2, 0.25) is 5.04 Å². The van der Waals surface area contributed by atoms with E-state index in [1.807, 2.05) is 60.7 Å². The van der Waals surface area contributed by atoms with Crippen molar-refractivity contribution < 1.29 is 32.3 Å². The van der Waals surface area contributed by atoms with Crippen molar-refractivity contribution in [1.29, 1.82) is 0 Å². The summed E-state index contributed by atoms with van der Waals surface area (Å²) in [5, 5.41) is 1.89. The summed E-state index contributed by atoms with van der Waals surface area (Å²) in [4.78, 5) is 13.5. The molecule has 0 heterocycles. The number of Topliss-reactive ketones (excluding diaryl/α,β-unsaturated/α-hetero) is 1. The molecule has 7 nitrogen and oxygen atoms in total. The summed E-state index contributed by atoms with van der Waals surface area (Å²) < 4.78 is 41.3. The minimum absolute atomic E-state index is 0.0182. The fourth-order valence-electron chi connectivity index (χ4n) is 4.61. The first kappa shape index (κ1) is 31.0. The van der Waals surface area contributed by atoms with Gasteiger partial charge in [0.1, 0.15) is 18.0 Å². The molecule has 0 spiro atoms. The maximum Gasteiger partial charge on any atom is 0.337 e. The Morgan fingerprint density at radius 1 is 0.821 bits per heavy atom. The van der Waals surface area contributed by atoms with E-state index < -0.39 is 34.0 Å². The Hall–Kier alpha value is -2.58. The minimum Gasteiger partial charge on any atom is -0.497 e. The van der Waals surface area contributed by atoms with Gasteiger partial charge in [-0.2, -0.15) is 0 Å². The normalized spacial score (nSPS) is 13.2. The molecule has 3 aromatic carbocycles. The zero-order valence-corrected chi connectivity index (χ0v) is 25.5. The molecule has 0 radical (unpaired) electrons. The van der Waals surface area contributed by atoms with Crippen LogP contribution in [0.15, 0.2) is 84.9 Å². The molecule has 39 heavy (non-hydrogen) atoms. The highest BCUT2D eigenvalue weighted by molar-refractivity contribution is 7.54. The summed E-state index contributed by atoms with van der Waals surface area (Å²) in [6, 6.07) is 27.7. The van der Waals surface area contributed by atoms with Gasteiger partial charge in [0.2, 0.25) is 0 Å². The number of rotatable bonds is 14. The second-order valence-corrected chi connectivity index (χ2v) is 16.8. The van der Waals surface area contributed by atoms with E-state index in [1.165, 1.54) is 14.2 Å². The molecule has 0 aliphatic rings. The quantitative estimate of drug-likeness (QED) is 0.194. The predicted octanol–water partition coefficient (Wildman–Crippen LogP) is 5.21. The lowest BCUT2D eigenvalue weighted by Gasteiger charge is -2.43. The number of hydrogen-bond acceptors (Lipinski definition) is 7. The zero-order chi connectivity index (χ0) is 28.5. The van der Waals surface area contributed by atoms with Crippen molar-refractivity contribution in [2.45, 2.75) is 38.5 Å². The van der Waals surface area contributed by atoms with Crippen molar-refractivity contribution in [1.82, 2.24) is 0 Å². The van der Waals surface area contributed by atoms with Crippen molar-refractivity contribution >= 4 is 32.1 Å². The van der Waals surface area contributed by atoms with Crippen LogP contribution in [-0.4, -0.2) is 54.3 Å². The van der Waals surface area contributed by atoms with Crippen LogP contribution in [-0.2, 0) is 34.2 Å². The highest BCUT2D eigenvalue weighted by atomic mass is 31.2. The predicted molar refractivity (Wildman–Crippen MR) is 157 cm³/mol. The Morgan fingerprint density at radius 3 is 1.77 bits per heavy atom. The van der Waals surface area contributed by atoms with E-state index in [-0.39, 0.29) is 18.3 Å². The Bertz CT molecular complexity index is 1180. The van der Waals surface area contributed by atoms with E-state index in [2.05, 4.69) is 45.0 Å². The highest BCUT2D eigenvalue weighted by Crippen LogP contribution is 2.46. The average Bonchev–Trinajstić information content (AvgIpc) is 2.95. The van der Waals surface area contributed by atoms with Crippen molar-refractivity contribution in [3.63, 3.8) is 0 Å². The van der Waals surface area contributed by atoms with Gasteiger partial charge in [-0.05, 0) is 33.1 Å². The number of hydrogen-bond donors (Lipinski definition) is 0. The fourth-order valence-corrected chi connectivity index (χ4v) is 10.2. The maximum absolute atomic E-state index is 13.5. The third kappa shape index (κ3) is 7.54. The number of carbonyl (C=O) groups is 1. The first-order chi connectivity index (χ1) is 18.6. The Morgan fingerprint density at radius 2 is 1.33 bits per heavy atom. The van der Waals surface area contributed by atoms with Gasteiger partial charge in [0, 0.05) is 14.2 Å². The minimum atomic E-state index is -3.60. The lowest BCUT2D eigenvalue weighted by Crippen LogP contribution is -2.67. The summed E-state index contributed by atoms with van der Waals surface area (Å²) >= 11 is 0. The molecular formula is C30H39O7PSi. The van der Waals surface area contributed by atoms with Crippen LogP contribution in [0.5, 0.6) is 5.75 Å². The van der Waals surface area contributed by atoms with E-state index in [0.717, 1.165) is 21.7 Å². The maximum atomic E-state index is 13.5. The van der Waals surface area contributed by atoms with E-state index >= 15 is 0 Å². The molecule has 0 fully saturated rings. The van der Waals surface area contributed by atoms with E-state index in [9.17, 15) is 9.36 Å². The molecule has 0 aromatic heterocycles. The van der Waals surface area contributed by atoms with E-state index in [0.29, 0.717) is 0 Å². The molecule has 3 rings (SSSR count). The first-order valence-corrected chi connectivity index (χ1v) is 16.4. The monoisotopic (exact) mass is 570 g/mol. The molecular weight excluding hydrogens is 531 g/mol. The molecule has 0 unspecified atom stereocenters. The summed E-state index contributed by atoms with van der Waals surface area (Å²) in [7, 11) is -2.40. The van der Waals surface area contributed by atoms with Crippen LogP contribution in [0.4, 0.5) is 0 Å². The van der Waals surface area contributed by atoms with Gasteiger partial charge in [0.05, 0.1) is 20.3 Å². The SMILES string of the molecule is COc1ccc(CO[C@H](CO[Si](c2ccccc2)(c2ccccc2)C(C)(C)C)C(=O)CP(=O)(OC)OC)cc1. The van der Waals surface area contributed by atoms with E-state index in [4.69, 9.17) is 22.9 Å². The second-order valence-electron chi connectivity index (χ2n) is 10.2. The summed E-state index contributed by atoms with van der Waals surface area (Å²) in [6.45, 7) is 6.64. The van der Waals surface area contributed by atoms with Gasteiger partial charge in [-0.3, -0.25) is 9.36 Å². The summed E-state index contributed by atoms with van der Waals surface area (Å²) in [5.41, 5.74) is 0.862. The number of ether oxygens (including phenoxy) is 2. The van der Waals surface area contributed by atoms with Crippen LogP contribution in [0.25, 0.3) is 0 Å². The van der Waals surface area contributed by atoms with Crippen LogP contribution in [0.3, 0.4) is 0 Å². The summed E-state index contributed by atoms with van der Waals surface area (Å²) in [5.74, 6) is 0.316. The van der Waals surface area contributed by atoms with Gasteiger partial charge in [0.15, 0.2) is 5.78 Å². The second kappa shape index (κ2) is 13.7. The Balaban J connectivity index is 1.98. The van der Waals surface area contributed by atoms with Crippen LogP contribution < -0.4 is 15.1 Å². The first-order valence-electron chi connectivity index (χ1n) is 12.8. The largest absolute Gasteiger partial charge is 0.497 e. The highest BCUT2D eigenvalue weighted by Gasteiger charge is 2.50. The molecule has 0 aliphatic heterocycles. The molecule has 0 aliphatic carbocycles. The number of methoxy groups -OCH3 is 1. The standard InChI is InChI=1S/C30H39O7PSi/c1-30(2,3)39(26-13-9-7-10-14-26,27-15-11-8-12-16-27)37-22-29(28(31)23-38(32,34-5)35-6)36-21-24-17-19-25(33-4)20-18-24/h7-20,29H,21-23H2,1-6H3/t29-/m1/s1. The van der Waals surface area contributed by atoms with Gasteiger partial charge in [0.25, 0.3) is 8.32 Å². The zero-order valence-electron chi connectivity index (χ0n) is 23.6. The van der Waals surface area contributed by atoms with Crippen molar-refractivity contribution in [3.05, 3.63) is 90.5 Å². The lowest BCUT2D eigenvalue weighted by molar-refractivity contribution is -0.131. The molecule has 0 saturated carbocycles. The third-order valence-electron chi connectivity index (χ3n) is 6.74. The van der Waals surface area contributed by atoms with Gasteiger partial charge < -0.3 is 22.9 Å². The molecule has 0 bridgehead atoms. The Labute approximate surface area is 233 Å². The van der Waals surface area contributed by atoms with Crippen molar-refractivity contribution in [2.24, 2.45) is 0 Å². The molecule has 0 saturated heterocycles. The molecule has 210 valence electrons. The number of benzene rings is 3. The fraction of sp³-hybridized carbons (Fsp3) is 0.367. The van der Waals surface area contributed by atoms with Crippen LogP contribution >= 0.6 is 7.60 Å². The van der Waals surface area contributed by atoms with E-state index in [1.54, 1.807) is 7.11 Å². The van der Waals surface area contributed by atoms with Gasteiger partial charge in [-0.1, -0.05) is 93.6 Å². The Kier molecular flexibility index (Phi) is 10.8. The summed E-state index contributed by atoms with van der Waals surface area (Å²) in [6.07, 6.45) is -1.41. The third-order valence-corrected chi connectivity index (χ3v) is 13.6. The number of carbonyl (C=O) groups excluding carboxylic acids is 1. The molecule has 9 heteroatoms.